The first-order valence-electron chi connectivity index (χ1n) is 7.74. The highest BCUT2D eigenvalue weighted by atomic mass is 16.2. The van der Waals surface area contributed by atoms with Crippen molar-refractivity contribution in [1.82, 2.24) is 15.2 Å². The molecule has 1 heterocycles. The van der Waals surface area contributed by atoms with E-state index in [1.165, 1.54) is 6.42 Å². The zero-order valence-corrected chi connectivity index (χ0v) is 13.0. The number of hydrazine groups is 1. The first kappa shape index (κ1) is 15.9. The van der Waals surface area contributed by atoms with Crippen LogP contribution in [-0.4, -0.2) is 47.9 Å². The van der Waals surface area contributed by atoms with E-state index in [0.29, 0.717) is 11.6 Å². The van der Waals surface area contributed by atoms with Gasteiger partial charge >= 0.3 is 0 Å². The van der Waals surface area contributed by atoms with Gasteiger partial charge in [0.25, 0.3) is 5.91 Å². The minimum Gasteiger partial charge on any atom is -0.300 e. The third kappa shape index (κ3) is 3.81. The molecule has 1 saturated heterocycles. The van der Waals surface area contributed by atoms with Gasteiger partial charge in [0.15, 0.2) is 0 Å². The highest BCUT2D eigenvalue weighted by molar-refractivity contribution is 5.95. The van der Waals surface area contributed by atoms with E-state index in [0.717, 1.165) is 38.3 Å². The molecule has 1 aliphatic heterocycles. The van der Waals surface area contributed by atoms with Crippen molar-refractivity contribution < 1.29 is 4.79 Å². The Morgan fingerprint density at radius 3 is 2.76 bits per heavy atom. The van der Waals surface area contributed by atoms with Crippen molar-refractivity contribution in [2.75, 3.05) is 26.2 Å². The molecule has 0 radical (unpaired) electrons. The number of likely N-dealkylation sites (tertiary alicyclic amines) is 1. The van der Waals surface area contributed by atoms with Crippen LogP contribution in [0, 0.1) is 0 Å². The molecular weight excluding hydrogens is 264 g/mol. The van der Waals surface area contributed by atoms with Gasteiger partial charge in [0.05, 0.1) is 0 Å². The lowest BCUT2D eigenvalue weighted by molar-refractivity contribution is 0.0951. The third-order valence-electron chi connectivity index (χ3n) is 4.36. The summed E-state index contributed by atoms with van der Waals surface area (Å²) >= 11 is 0. The Bertz CT molecular complexity index is 473. The van der Waals surface area contributed by atoms with Crippen LogP contribution in [0.15, 0.2) is 24.3 Å². The van der Waals surface area contributed by atoms with Gasteiger partial charge in [-0.1, -0.05) is 32.0 Å². The SMILES string of the molecule is CCN(CC)C1CCN(Cc2ccccc2C(=O)NN)C1. The molecule has 1 aromatic carbocycles. The van der Waals surface area contributed by atoms with Gasteiger partial charge in [0, 0.05) is 31.2 Å². The van der Waals surface area contributed by atoms with Crippen LogP contribution in [0.3, 0.4) is 0 Å². The van der Waals surface area contributed by atoms with E-state index in [1.807, 2.05) is 24.3 Å². The lowest BCUT2D eigenvalue weighted by Gasteiger charge is -2.26. The second-order valence-corrected chi connectivity index (χ2v) is 5.53. The molecule has 0 aliphatic carbocycles. The number of rotatable bonds is 6. The van der Waals surface area contributed by atoms with E-state index in [2.05, 4.69) is 29.1 Å². The van der Waals surface area contributed by atoms with Gasteiger partial charge in [-0.15, -0.1) is 0 Å². The molecule has 21 heavy (non-hydrogen) atoms. The van der Waals surface area contributed by atoms with Crippen molar-refractivity contribution in [2.24, 2.45) is 5.84 Å². The van der Waals surface area contributed by atoms with Gasteiger partial charge in [-0.25, -0.2) is 5.84 Å². The van der Waals surface area contributed by atoms with Crippen LogP contribution in [-0.2, 0) is 6.54 Å². The van der Waals surface area contributed by atoms with Crippen molar-refractivity contribution in [2.45, 2.75) is 32.9 Å². The molecule has 2 rings (SSSR count). The molecule has 1 fully saturated rings. The fourth-order valence-electron chi connectivity index (χ4n) is 3.19. The number of hydrogen-bond acceptors (Lipinski definition) is 4. The average molecular weight is 290 g/mol. The van der Waals surface area contributed by atoms with E-state index < -0.39 is 0 Å². The molecule has 5 nitrogen and oxygen atoms in total. The van der Waals surface area contributed by atoms with Crippen molar-refractivity contribution >= 4 is 5.91 Å². The summed E-state index contributed by atoms with van der Waals surface area (Å²) in [7, 11) is 0. The van der Waals surface area contributed by atoms with Gasteiger partial charge in [-0.05, 0) is 31.1 Å². The molecular formula is C16H26N4O. The summed E-state index contributed by atoms with van der Waals surface area (Å²) in [5.41, 5.74) is 3.94. The summed E-state index contributed by atoms with van der Waals surface area (Å²) in [6, 6.07) is 8.32. The topological polar surface area (TPSA) is 61.6 Å². The Kier molecular flexibility index (Phi) is 5.73. The number of nitrogens with one attached hydrogen (secondary N) is 1. The molecule has 3 N–H and O–H groups in total. The normalized spacial score (nSPS) is 19.1. The Hall–Kier alpha value is -1.43. The zero-order chi connectivity index (χ0) is 15.2. The van der Waals surface area contributed by atoms with Crippen molar-refractivity contribution in [3.05, 3.63) is 35.4 Å². The Morgan fingerprint density at radius 2 is 2.10 bits per heavy atom. The van der Waals surface area contributed by atoms with E-state index in [-0.39, 0.29) is 5.91 Å². The number of nitrogen functional groups attached to an aromatic ring is 1. The summed E-state index contributed by atoms with van der Waals surface area (Å²) in [6.07, 6.45) is 1.20. The van der Waals surface area contributed by atoms with Gasteiger partial charge < -0.3 is 0 Å². The van der Waals surface area contributed by atoms with Crippen LogP contribution in [0.4, 0.5) is 0 Å². The molecule has 116 valence electrons. The quantitative estimate of drug-likeness (QED) is 0.469. The van der Waals surface area contributed by atoms with Gasteiger partial charge in [0.2, 0.25) is 0 Å². The first-order valence-corrected chi connectivity index (χ1v) is 7.74. The predicted octanol–water partition coefficient (Wildman–Crippen LogP) is 1.21. The minimum atomic E-state index is -0.218. The summed E-state index contributed by atoms with van der Waals surface area (Å²) in [6.45, 7) is 9.59. The molecule has 0 bridgehead atoms. The molecule has 5 heteroatoms. The van der Waals surface area contributed by atoms with Crippen LogP contribution >= 0.6 is 0 Å². The standard InChI is InChI=1S/C16H26N4O/c1-3-20(4-2)14-9-10-19(12-14)11-13-7-5-6-8-15(13)16(21)18-17/h5-8,14H,3-4,9-12,17H2,1-2H3,(H,18,21). The maximum atomic E-state index is 11.8. The highest BCUT2D eigenvalue weighted by Gasteiger charge is 2.26. The number of carbonyl (C=O) groups is 1. The van der Waals surface area contributed by atoms with Gasteiger partial charge in [-0.2, -0.15) is 0 Å². The van der Waals surface area contributed by atoms with Crippen molar-refractivity contribution in [1.29, 1.82) is 0 Å². The number of carbonyl (C=O) groups excluding carboxylic acids is 1. The number of likely N-dealkylation sites (N-methyl/N-ethyl adjacent to an activating group) is 1. The second-order valence-electron chi connectivity index (χ2n) is 5.53. The minimum absolute atomic E-state index is 0.218. The molecule has 0 spiro atoms. The highest BCUT2D eigenvalue weighted by Crippen LogP contribution is 2.19. The number of nitrogens with zero attached hydrogens (tertiary/aromatic N) is 2. The van der Waals surface area contributed by atoms with E-state index in [1.54, 1.807) is 0 Å². The maximum Gasteiger partial charge on any atom is 0.265 e. The lowest BCUT2D eigenvalue weighted by Crippen LogP contribution is -2.37. The molecule has 1 aliphatic rings. The molecule has 1 atom stereocenters. The fourth-order valence-corrected chi connectivity index (χ4v) is 3.19. The average Bonchev–Trinajstić information content (AvgIpc) is 2.97. The monoisotopic (exact) mass is 290 g/mol. The zero-order valence-electron chi connectivity index (χ0n) is 13.0. The van der Waals surface area contributed by atoms with Crippen molar-refractivity contribution in [3.63, 3.8) is 0 Å². The van der Waals surface area contributed by atoms with E-state index in [9.17, 15) is 4.79 Å². The van der Waals surface area contributed by atoms with Crippen LogP contribution in [0.1, 0.15) is 36.2 Å². The van der Waals surface area contributed by atoms with Crippen LogP contribution in [0.2, 0.25) is 0 Å². The predicted molar refractivity (Wildman–Crippen MR) is 84.7 cm³/mol. The fraction of sp³-hybridized carbons (Fsp3) is 0.562. The van der Waals surface area contributed by atoms with E-state index in [4.69, 9.17) is 5.84 Å². The number of nitrogens with two attached hydrogens (primary N) is 1. The smallest absolute Gasteiger partial charge is 0.265 e. The van der Waals surface area contributed by atoms with Gasteiger partial charge in [-0.3, -0.25) is 20.0 Å². The Morgan fingerprint density at radius 1 is 1.38 bits per heavy atom. The second kappa shape index (κ2) is 7.54. The maximum absolute atomic E-state index is 11.8. The van der Waals surface area contributed by atoms with Crippen LogP contribution in [0.25, 0.3) is 0 Å². The summed E-state index contributed by atoms with van der Waals surface area (Å²) in [5, 5.41) is 0. The Labute approximate surface area is 127 Å². The first-order chi connectivity index (χ1) is 10.2. The number of amides is 1. The van der Waals surface area contributed by atoms with Crippen LogP contribution < -0.4 is 11.3 Å². The lowest BCUT2D eigenvalue weighted by atomic mass is 10.1. The largest absolute Gasteiger partial charge is 0.300 e. The number of benzene rings is 1. The Balaban J connectivity index is 2.02. The van der Waals surface area contributed by atoms with Crippen LogP contribution in [0.5, 0.6) is 0 Å². The third-order valence-corrected chi connectivity index (χ3v) is 4.36. The molecule has 0 saturated carbocycles. The molecule has 1 amide bonds. The van der Waals surface area contributed by atoms with Gasteiger partial charge in [0.1, 0.15) is 0 Å². The summed E-state index contributed by atoms with van der Waals surface area (Å²) < 4.78 is 0. The summed E-state index contributed by atoms with van der Waals surface area (Å²) in [4.78, 5) is 16.7. The van der Waals surface area contributed by atoms with E-state index >= 15 is 0 Å². The molecule has 1 aromatic rings. The molecule has 0 aromatic heterocycles. The number of hydrogen-bond donors (Lipinski definition) is 2. The summed E-state index contributed by atoms with van der Waals surface area (Å²) in [5.74, 6) is 5.04. The molecule has 1 unspecified atom stereocenters. The van der Waals surface area contributed by atoms with Crippen molar-refractivity contribution in [3.8, 4) is 0 Å².